The summed E-state index contributed by atoms with van der Waals surface area (Å²) in [6, 6.07) is 12.3. The first-order chi connectivity index (χ1) is 11.1. The molecule has 2 aromatic carbocycles. The summed E-state index contributed by atoms with van der Waals surface area (Å²) in [4.78, 5) is 40.1. The fourth-order valence-electron chi connectivity index (χ4n) is 3.34. The molecule has 0 unspecified atom stereocenters. The number of anilines is 2. The van der Waals surface area contributed by atoms with Crippen LogP contribution in [0.4, 0.5) is 11.4 Å². The highest BCUT2D eigenvalue weighted by molar-refractivity contribution is 6.35. The van der Waals surface area contributed by atoms with Crippen LogP contribution in [0, 0.1) is 0 Å². The molecule has 2 aliphatic rings. The first kappa shape index (κ1) is 13.7. The molecular weight excluding hydrogens is 292 g/mol. The van der Waals surface area contributed by atoms with Gasteiger partial charge in [0.1, 0.15) is 0 Å². The van der Waals surface area contributed by atoms with Crippen molar-refractivity contribution < 1.29 is 14.4 Å². The second kappa shape index (κ2) is 4.78. The van der Waals surface area contributed by atoms with Gasteiger partial charge in [-0.2, -0.15) is 0 Å². The number of rotatable bonds is 1. The van der Waals surface area contributed by atoms with Gasteiger partial charge in [0.15, 0.2) is 0 Å². The van der Waals surface area contributed by atoms with Crippen molar-refractivity contribution in [2.45, 2.75) is 13.3 Å². The number of nitrogens with zero attached hydrogens (tertiary/aromatic N) is 2. The number of hydrogen-bond acceptors (Lipinski definition) is 3. The number of para-hydroxylation sites is 1. The molecule has 0 saturated heterocycles. The quantitative estimate of drug-likeness (QED) is 0.760. The van der Waals surface area contributed by atoms with Gasteiger partial charge in [0, 0.05) is 13.5 Å². The Bertz CT molecular complexity index is 837. The highest BCUT2D eigenvalue weighted by atomic mass is 16.2. The van der Waals surface area contributed by atoms with Crippen molar-refractivity contribution in [3.8, 4) is 0 Å². The third kappa shape index (κ3) is 1.83. The van der Waals surface area contributed by atoms with E-state index in [4.69, 9.17) is 0 Å². The van der Waals surface area contributed by atoms with Crippen molar-refractivity contribution in [1.82, 2.24) is 0 Å². The van der Waals surface area contributed by atoms with Gasteiger partial charge in [0.05, 0.1) is 22.5 Å². The molecule has 23 heavy (non-hydrogen) atoms. The van der Waals surface area contributed by atoms with Crippen molar-refractivity contribution in [3.63, 3.8) is 0 Å². The Labute approximate surface area is 133 Å². The van der Waals surface area contributed by atoms with Gasteiger partial charge >= 0.3 is 0 Å². The third-order valence-corrected chi connectivity index (χ3v) is 4.39. The second-order valence-corrected chi connectivity index (χ2v) is 5.70. The van der Waals surface area contributed by atoms with Crippen LogP contribution < -0.4 is 9.80 Å². The smallest absolute Gasteiger partial charge is 0.266 e. The Morgan fingerprint density at radius 2 is 1.61 bits per heavy atom. The van der Waals surface area contributed by atoms with Gasteiger partial charge < -0.3 is 4.90 Å². The molecule has 0 spiro atoms. The molecule has 3 amide bonds. The largest absolute Gasteiger partial charge is 0.310 e. The topological polar surface area (TPSA) is 57.7 Å². The molecule has 2 heterocycles. The van der Waals surface area contributed by atoms with Gasteiger partial charge in [0.25, 0.3) is 11.8 Å². The van der Waals surface area contributed by atoms with Crippen LogP contribution in [0.1, 0.15) is 33.2 Å². The lowest BCUT2D eigenvalue weighted by Crippen LogP contribution is -2.33. The average molecular weight is 306 g/mol. The molecule has 2 aromatic rings. The Kier molecular flexibility index (Phi) is 2.84. The first-order valence-electron chi connectivity index (χ1n) is 7.47. The van der Waals surface area contributed by atoms with Crippen LogP contribution >= 0.6 is 0 Å². The SMILES string of the molecule is CC(=O)N1CCc2cccc(N3C(=O)c4ccccc4C3=O)c21. The summed E-state index contributed by atoms with van der Waals surface area (Å²) in [5.74, 6) is -0.767. The van der Waals surface area contributed by atoms with Gasteiger partial charge in [-0.25, -0.2) is 4.90 Å². The maximum atomic E-state index is 12.7. The zero-order valence-electron chi connectivity index (χ0n) is 12.6. The molecule has 0 radical (unpaired) electrons. The zero-order chi connectivity index (χ0) is 16.1. The van der Waals surface area contributed by atoms with Gasteiger partial charge in [-0.05, 0) is 30.2 Å². The van der Waals surface area contributed by atoms with E-state index in [0.717, 1.165) is 12.0 Å². The normalized spacial score (nSPS) is 15.9. The summed E-state index contributed by atoms with van der Waals surface area (Å²) < 4.78 is 0. The molecule has 4 rings (SSSR count). The summed E-state index contributed by atoms with van der Waals surface area (Å²) in [5, 5.41) is 0. The maximum Gasteiger partial charge on any atom is 0.266 e. The lowest BCUT2D eigenvalue weighted by molar-refractivity contribution is -0.116. The molecule has 5 nitrogen and oxygen atoms in total. The molecule has 5 heteroatoms. The monoisotopic (exact) mass is 306 g/mol. The lowest BCUT2D eigenvalue weighted by atomic mass is 10.1. The Hall–Kier alpha value is -2.95. The number of carbonyl (C=O) groups excluding carboxylic acids is 3. The summed E-state index contributed by atoms with van der Waals surface area (Å²) in [7, 11) is 0. The molecule has 2 aliphatic heterocycles. The molecule has 0 aromatic heterocycles. The van der Waals surface area contributed by atoms with Crippen LogP contribution in [-0.4, -0.2) is 24.3 Å². The molecule has 0 aliphatic carbocycles. The Morgan fingerprint density at radius 3 is 2.22 bits per heavy atom. The van der Waals surface area contributed by atoms with E-state index in [9.17, 15) is 14.4 Å². The average Bonchev–Trinajstić information content (AvgIpc) is 3.09. The first-order valence-corrected chi connectivity index (χ1v) is 7.47. The number of benzene rings is 2. The minimum atomic E-state index is -0.339. The zero-order valence-corrected chi connectivity index (χ0v) is 12.6. The second-order valence-electron chi connectivity index (χ2n) is 5.70. The van der Waals surface area contributed by atoms with E-state index < -0.39 is 0 Å². The van der Waals surface area contributed by atoms with Gasteiger partial charge in [-0.1, -0.05) is 24.3 Å². The van der Waals surface area contributed by atoms with Crippen LogP contribution in [0.2, 0.25) is 0 Å². The van der Waals surface area contributed by atoms with Crippen molar-refractivity contribution in [3.05, 3.63) is 59.2 Å². The number of amides is 3. The molecule has 0 fully saturated rings. The van der Waals surface area contributed by atoms with Gasteiger partial charge in [-0.15, -0.1) is 0 Å². The van der Waals surface area contributed by atoms with E-state index in [1.165, 1.54) is 11.8 Å². The van der Waals surface area contributed by atoms with E-state index in [2.05, 4.69) is 0 Å². The molecule has 0 atom stereocenters. The summed E-state index contributed by atoms with van der Waals surface area (Å²) in [6.07, 6.45) is 0.728. The third-order valence-electron chi connectivity index (χ3n) is 4.39. The molecule has 114 valence electrons. The van der Waals surface area contributed by atoms with E-state index in [1.54, 1.807) is 35.2 Å². The van der Waals surface area contributed by atoms with Crippen molar-refractivity contribution in [2.24, 2.45) is 0 Å². The van der Waals surface area contributed by atoms with Crippen molar-refractivity contribution in [1.29, 1.82) is 0 Å². The molecule has 0 N–H and O–H groups in total. The van der Waals surface area contributed by atoms with Crippen LogP contribution in [0.15, 0.2) is 42.5 Å². The molecular formula is C18H14N2O3. The van der Waals surface area contributed by atoms with E-state index in [1.807, 2.05) is 12.1 Å². The molecule has 0 saturated carbocycles. The van der Waals surface area contributed by atoms with Crippen LogP contribution in [0.3, 0.4) is 0 Å². The highest BCUT2D eigenvalue weighted by Gasteiger charge is 2.39. The minimum Gasteiger partial charge on any atom is -0.310 e. The number of imide groups is 1. The standard InChI is InChI=1S/C18H14N2O3/c1-11(21)19-10-9-12-5-4-8-15(16(12)19)20-17(22)13-6-2-3-7-14(13)18(20)23/h2-8H,9-10H2,1H3. The summed E-state index contributed by atoms with van der Waals surface area (Å²) in [6.45, 7) is 2.07. The predicted octanol–water partition coefficient (Wildman–Crippen LogP) is 2.40. The number of fused-ring (bicyclic) bond motifs is 2. The predicted molar refractivity (Wildman–Crippen MR) is 85.8 cm³/mol. The lowest BCUT2D eigenvalue weighted by Gasteiger charge is -2.23. The van der Waals surface area contributed by atoms with E-state index in [-0.39, 0.29) is 17.7 Å². The fourth-order valence-corrected chi connectivity index (χ4v) is 3.34. The van der Waals surface area contributed by atoms with Gasteiger partial charge in [0.2, 0.25) is 5.91 Å². The Morgan fingerprint density at radius 1 is 0.957 bits per heavy atom. The van der Waals surface area contributed by atoms with Crippen molar-refractivity contribution >= 4 is 29.1 Å². The van der Waals surface area contributed by atoms with Gasteiger partial charge in [-0.3, -0.25) is 14.4 Å². The number of carbonyl (C=O) groups is 3. The summed E-state index contributed by atoms with van der Waals surface area (Å²) in [5.41, 5.74) is 2.95. The minimum absolute atomic E-state index is 0.0900. The van der Waals surface area contributed by atoms with Crippen LogP contribution in [0.5, 0.6) is 0 Å². The van der Waals surface area contributed by atoms with Crippen molar-refractivity contribution in [2.75, 3.05) is 16.3 Å². The van der Waals surface area contributed by atoms with E-state index in [0.29, 0.717) is 29.0 Å². The van der Waals surface area contributed by atoms with Crippen LogP contribution in [-0.2, 0) is 11.2 Å². The highest BCUT2D eigenvalue weighted by Crippen LogP contribution is 2.40. The molecule has 0 bridgehead atoms. The van der Waals surface area contributed by atoms with E-state index >= 15 is 0 Å². The van der Waals surface area contributed by atoms with Crippen LogP contribution in [0.25, 0.3) is 0 Å². The maximum absolute atomic E-state index is 12.7. The fraction of sp³-hybridized carbons (Fsp3) is 0.167. The summed E-state index contributed by atoms with van der Waals surface area (Å²) >= 11 is 0. The Balaban J connectivity index is 1.88. The number of hydrogen-bond donors (Lipinski definition) is 0.